The molecule has 0 amide bonds. The van der Waals surface area contributed by atoms with Crippen molar-refractivity contribution >= 4 is 34.7 Å². The van der Waals surface area contributed by atoms with Crippen LogP contribution in [0.1, 0.15) is 39.7 Å². The van der Waals surface area contributed by atoms with E-state index in [2.05, 4.69) is 51.2 Å². The maximum atomic E-state index is 5.91. The Morgan fingerprint density at radius 1 is 1.37 bits per heavy atom. The zero-order chi connectivity index (χ0) is 14.4. The van der Waals surface area contributed by atoms with E-state index in [1.54, 1.807) is 11.8 Å². The van der Waals surface area contributed by atoms with Crippen LogP contribution >= 0.6 is 24.0 Å². The highest BCUT2D eigenvalue weighted by molar-refractivity contribution is 7.99. The number of rotatable bonds is 7. The lowest BCUT2D eigenvalue weighted by Crippen LogP contribution is -2.25. The van der Waals surface area contributed by atoms with E-state index in [4.69, 9.17) is 18.0 Å². The van der Waals surface area contributed by atoms with Gasteiger partial charge in [-0.15, -0.1) is 11.8 Å². The third-order valence-electron chi connectivity index (χ3n) is 3.45. The van der Waals surface area contributed by atoms with Gasteiger partial charge in [0.2, 0.25) is 0 Å². The Morgan fingerprint density at radius 3 is 2.58 bits per heavy atom. The Hall–Kier alpha value is -0.740. The molecule has 0 spiro atoms. The molecule has 1 aromatic rings. The Bertz CT molecular complexity index is 432. The Morgan fingerprint density at radius 2 is 2.05 bits per heavy atom. The number of hydrogen-bond donors (Lipinski definition) is 2. The van der Waals surface area contributed by atoms with Gasteiger partial charge in [-0.05, 0) is 30.7 Å². The van der Waals surface area contributed by atoms with Crippen LogP contribution in [-0.2, 0) is 0 Å². The van der Waals surface area contributed by atoms with Crippen LogP contribution in [-0.4, -0.2) is 16.8 Å². The Labute approximate surface area is 126 Å². The normalized spacial score (nSPS) is 13.9. The second-order valence-electron chi connectivity index (χ2n) is 4.79. The molecule has 2 nitrogen and oxygen atoms in total. The summed E-state index contributed by atoms with van der Waals surface area (Å²) in [6.07, 6.45) is 1.15. The van der Waals surface area contributed by atoms with Crippen LogP contribution in [0, 0.1) is 5.92 Å². The summed E-state index contributed by atoms with van der Waals surface area (Å²) in [5.74, 6) is 1.63. The average Bonchev–Trinajstić information content (AvgIpc) is 2.37. The van der Waals surface area contributed by atoms with Crippen molar-refractivity contribution in [2.24, 2.45) is 11.7 Å². The van der Waals surface area contributed by atoms with Gasteiger partial charge in [0.25, 0.3) is 0 Å². The smallest absolute Gasteiger partial charge is 0.107 e. The number of anilines is 1. The third kappa shape index (κ3) is 4.39. The first-order valence-corrected chi connectivity index (χ1v) is 8.22. The lowest BCUT2D eigenvalue weighted by Gasteiger charge is -2.23. The van der Waals surface area contributed by atoms with Gasteiger partial charge in [-0.3, -0.25) is 0 Å². The van der Waals surface area contributed by atoms with Crippen molar-refractivity contribution in [1.82, 2.24) is 0 Å². The van der Waals surface area contributed by atoms with Crippen LogP contribution in [0.3, 0.4) is 0 Å². The predicted molar refractivity (Wildman–Crippen MR) is 91.3 cm³/mol. The first kappa shape index (κ1) is 16.3. The highest BCUT2D eigenvalue weighted by Gasteiger charge is 2.15. The summed E-state index contributed by atoms with van der Waals surface area (Å²) >= 11 is 7.00. The maximum absolute atomic E-state index is 5.91. The minimum Gasteiger partial charge on any atom is -0.389 e. The van der Waals surface area contributed by atoms with E-state index in [0.29, 0.717) is 16.9 Å². The average molecular weight is 297 g/mol. The summed E-state index contributed by atoms with van der Waals surface area (Å²) in [5, 5.41) is 3.56. The quantitative estimate of drug-likeness (QED) is 0.582. The van der Waals surface area contributed by atoms with Crippen molar-refractivity contribution in [3.05, 3.63) is 23.8 Å². The molecule has 0 aromatic heterocycles. The summed E-state index contributed by atoms with van der Waals surface area (Å²) in [6, 6.07) is 6.61. The molecule has 106 valence electrons. The molecule has 4 heteroatoms. The van der Waals surface area contributed by atoms with Crippen molar-refractivity contribution in [3.8, 4) is 0 Å². The van der Waals surface area contributed by atoms with E-state index in [1.165, 1.54) is 0 Å². The topological polar surface area (TPSA) is 38.0 Å². The van der Waals surface area contributed by atoms with Gasteiger partial charge >= 0.3 is 0 Å². The zero-order valence-electron chi connectivity index (χ0n) is 12.2. The predicted octanol–water partition coefficient (Wildman–Crippen LogP) is 4.28. The zero-order valence-corrected chi connectivity index (χ0v) is 13.8. The third-order valence-corrected chi connectivity index (χ3v) is 4.60. The van der Waals surface area contributed by atoms with Crippen molar-refractivity contribution in [3.63, 3.8) is 0 Å². The maximum Gasteiger partial charge on any atom is 0.107 e. The first-order valence-electron chi connectivity index (χ1n) is 6.83. The molecule has 1 aromatic carbocycles. The number of nitrogens with two attached hydrogens (primary N) is 1. The fourth-order valence-electron chi connectivity index (χ4n) is 1.92. The minimum atomic E-state index is 0.403. The van der Waals surface area contributed by atoms with E-state index in [1.807, 2.05) is 0 Å². The lowest BCUT2D eigenvalue weighted by molar-refractivity contribution is 0.494. The van der Waals surface area contributed by atoms with Gasteiger partial charge in [0.05, 0.1) is 0 Å². The van der Waals surface area contributed by atoms with Crippen LogP contribution in [0.15, 0.2) is 23.1 Å². The largest absolute Gasteiger partial charge is 0.389 e. The fourth-order valence-corrected chi connectivity index (χ4v) is 3.06. The van der Waals surface area contributed by atoms with Gasteiger partial charge in [-0.25, -0.2) is 0 Å². The number of nitrogens with one attached hydrogen (secondary N) is 1. The standard InChI is InChI=1S/C15H24N2S2/c1-5-10(3)11(4)17-12-8-7-9-13(19-6-2)14(12)15(16)18/h7-11,17H,5-6H2,1-4H3,(H2,16,18). The monoisotopic (exact) mass is 296 g/mol. The highest BCUT2D eigenvalue weighted by atomic mass is 32.2. The molecule has 0 aliphatic heterocycles. The first-order chi connectivity index (χ1) is 9.01. The van der Waals surface area contributed by atoms with Gasteiger partial charge in [0.15, 0.2) is 0 Å². The molecule has 0 fully saturated rings. The SMILES string of the molecule is CCSc1cccc(NC(C)C(C)CC)c1C(N)=S. The number of thioether (sulfide) groups is 1. The summed E-state index contributed by atoms with van der Waals surface area (Å²) in [7, 11) is 0. The van der Waals surface area contributed by atoms with E-state index in [-0.39, 0.29) is 0 Å². The second-order valence-corrected chi connectivity index (χ2v) is 6.54. The molecule has 1 rings (SSSR count). The summed E-state index contributed by atoms with van der Waals surface area (Å²) < 4.78 is 0. The van der Waals surface area contributed by atoms with Crippen LogP contribution < -0.4 is 11.1 Å². The van der Waals surface area contributed by atoms with Crippen molar-refractivity contribution < 1.29 is 0 Å². The molecule has 0 bridgehead atoms. The van der Waals surface area contributed by atoms with E-state index in [0.717, 1.165) is 28.3 Å². The van der Waals surface area contributed by atoms with Crippen molar-refractivity contribution in [1.29, 1.82) is 0 Å². The Kier molecular flexibility index (Phi) is 6.66. The van der Waals surface area contributed by atoms with Gasteiger partial charge in [0, 0.05) is 22.2 Å². The molecular weight excluding hydrogens is 272 g/mol. The van der Waals surface area contributed by atoms with Crippen LogP contribution in [0.5, 0.6) is 0 Å². The molecule has 0 aliphatic carbocycles. The second kappa shape index (κ2) is 7.75. The molecule has 3 N–H and O–H groups in total. The molecule has 0 aliphatic rings. The van der Waals surface area contributed by atoms with E-state index >= 15 is 0 Å². The van der Waals surface area contributed by atoms with Gasteiger partial charge < -0.3 is 11.1 Å². The number of hydrogen-bond acceptors (Lipinski definition) is 3. The number of thiocarbonyl (C=S) groups is 1. The van der Waals surface area contributed by atoms with Crippen molar-refractivity contribution in [2.75, 3.05) is 11.1 Å². The van der Waals surface area contributed by atoms with Gasteiger partial charge in [-0.2, -0.15) is 0 Å². The van der Waals surface area contributed by atoms with Gasteiger partial charge in [0.1, 0.15) is 4.99 Å². The van der Waals surface area contributed by atoms with Crippen LogP contribution in [0.2, 0.25) is 0 Å². The summed E-state index contributed by atoms with van der Waals surface area (Å²) in [5.41, 5.74) is 7.95. The molecule has 2 unspecified atom stereocenters. The van der Waals surface area contributed by atoms with Gasteiger partial charge in [-0.1, -0.05) is 45.5 Å². The lowest BCUT2D eigenvalue weighted by atomic mass is 10.00. The van der Waals surface area contributed by atoms with Crippen LogP contribution in [0.4, 0.5) is 5.69 Å². The summed E-state index contributed by atoms with van der Waals surface area (Å²) in [4.78, 5) is 1.63. The number of benzene rings is 1. The van der Waals surface area contributed by atoms with Crippen LogP contribution in [0.25, 0.3) is 0 Å². The molecule has 19 heavy (non-hydrogen) atoms. The molecule has 0 saturated carbocycles. The molecule has 0 saturated heterocycles. The Balaban J connectivity index is 3.06. The molecule has 2 atom stereocenters. The van der Waals surface area contributed by atoms with E-state index in [9.17, 15) is 0 Å². The molecule has 0 heterocycles. The minimum absolute atomic E-state index is 0.403. The summed E-state index contributed by atoms with van der Waals surface area (Å²) in [6.45, 7) is 8.80. The van der Waals surface area contributed by atoms with E-state index < -0.39 is 0 Å². The molecular formula is C15H24N2S2. The highest BCUT2D eigenvalue weighted by Crippen LogP contribution is 2.29. The molecule has 0 radical (unpaired) electrons. The van der Waals surface area contributed by atoms with Crippen molar-refractivity contribution in [2.45, 2.75) is 45.1 Å². The fraction of sp³-hybridized carbons (Fsp3) is 0.533.